The van der Waals surface area contributed by atoms with Crippen molar-refractivity contribution in [3.63, 3.8) is 0 Å². The van der Waals surface area contributed by atoms with E-state index in [0.29, 0.717) is 49.8 Å². The minimum Gasteiger partial charge on any atom is -0.378 e. The number of halogens is 1. The molecule has 0 amide bonds. The number of hydrogen-bond acceptors (Lipinski definition) is 5. The molecular formula is C20H27FN4O2. The highest BCUT2D eigenvalue weighted by Gasteiger charge is 2.23. The lowest BCUT2D eigenvalue weighted by molar-refractivity contribution is 0.122. The van der Waals surface area contributed by atoms with Crippen molar-refractivity contribution >= 4 is 5.69 Å². The van der Waals surface area contributed by atoms with Crippen LogP contribution in [0.1, 0.15) is 25.0 Å². The van der Waals surface area contributed by atoms with Gasteiger partial charge in [0.1, 0.15) is 11.5 Å². The molecule has 0 aliphatic carbocycles. The Morgan fingerprint density at radius 2 is 2.00 bits per heavy atom. The SMILES string of the molecule is Cc1c(-c2ccc(F)c(CN)c2)nn(CC(C)C)c(=O)c1N1CCOCC1. The molecule has 1 aromatic heterocycles. The summed E-state index contributed by atoms with van der Waals surface area (Å²) in [6, 6.07) is 4.82. The first kappa shape index (κ1) is 19.5. The van der Waals surface area contributed by atoms with E-state index in [1.54, 1.807) is 12.1 Å². The summed E-state index contributed by atoms with van der Waals surface area (Å²) in [6.45, 7) is 9.15. The second kappa shape index (κ2) is 8.19. The van der Waals surface area contributed by atoms with E-state index in [-0.39, 0.29) is 23.8 Å². The van der Waals surface area contributed by atoms with Crippen molar-refractivity contribution in [2.45, 2.75) is 33.9 Å². The molecule has 0 bridgehead atoms. The van der Waals surface area contributed by atoms with Crippen LogP contribution in [0.25, 0.3) is 11.3 Å². The third-order valence-corrected chi connectivity index (χ3v) is 4.77. The van der Waals surface area contributed by atoms with Crippen LogP contribution < -0.4 is 16.2 Å². The van der Waals surface area contributed by atoms with Crippen LogP contribution >= 0.6 is 0 Å². The fraction of sp³-hybridized carbons (Fsp3) is 0.500. The number of hydrogen-bond donors (Lipinski definition) is 1. The summed E-state index contributed by atoms with van der Waals surface area (Å²) in [5, 5.41) is 4.63. The average molecular weight is 374 g/mol. The van der Waals surface area contributed by atoms with Gasteiger partial charge in [-0.15, -0.1) is 0 Å². The van der Waals surface area contributed by atoms with Crippen LogP contribution in [-0.4, -0.2) is 36.1 Å². The Kier molecular flexibility index (Phi) is 5.92. The first-order valence-corrected chi connectivity index (χ1v) is 9.35. The van der Waals surface area contributed by atoms with Gasteiger partial charge < -0.3 is 15.4 Å². The highest BCUT2D eigenvalue weighted by molar-refractivity contribution is 5.70. The molecule has 2 aromatic rings. The van der Waals surface area contributed by atoms with Gasteiger partial charge in [0.15, 0.2) is 0 Å². The zero-order valence-corrected chi connectivity index (χ0v) is 16.2. The molecule has 0 atom stereocenters. The van der Waals surface area contributed by atoms with E-state index in [4.69, 9.17) is 10.5 Å². The first-order chi connectivity index (χ1) is 12.9. The largest absolute Gasteiger partial charge is 0.378 e. The van der Waals surface area contributed by atoms with Gasteiger partial charge in [-0.2, -0.15) is 5.10 Å². The van der Waals surface area contributed by atoms with Gasteiger partial charge in [0.05, 0.1) is 18.9 Å². The molecule has 0 saturated carbocycles. The topological polar surface area (TPSA) is 73.4 Å². The molecule has 0 spiro atoms. The Morgan fingerprint density at radius 3 is 2.63 bits per heavy atom. The monoisotopic (exact) mass is 374 g/mol. The van der Waals surface area contributed by atoms with Gasteiger partial charge in [0.2, 0.25) is 0 Å². The third-order valence-electron chi connectivity index (χ3n) is 4.77. The number of ether oxygens (including phenoxy) is 1. The normalized spacial score (nSPS) is 14.8. The van der Waals surface area contributed by atoms with Crippen LogP contribution in [0, 0.1) is 18.7 Å². The Balaban J connectivity index is 2.19. The molecule has 6 nitrogen and oxygen atoms in total. The summed E-state index contributed by atoms with van der Waals surface area (Å²) < 4.78 is 20.9. The molecule has 7 heteroatoms. The standard InChI is InChI=1S/C20H27FN4O2/c1-13(2)12-25-20(26)19(24-6-8-27-9-7-24)14(3)18(23-25)15-4-5-17(21)16(10-15)11-22/h4-5,10,13H,6-9,11-12,22H2,1-3H3. The smallest absolute Gasteiger partial charge is 0.290 e. The predicted octanol–water partition coefficient (Wildman–Crippen LogP) is 2.31. The van der Waals surface area contributed by atoms with Gasteiger partial charge in [-0.3, -0.25) is 4.79 Å². The van der Waals surface area contributed by atoms with E-state index < -0.39 is 0 Å². The quantitative estimate of drug-likeness (QED) is 0.869. The van der Waals surface area contributed by atoms with Gasteiger partial charge in [-0.25, -0.2) is 9.07 Å². The zero-order valence-electron chi connectivity index (χ0n) is 16.2. The summed E-state index contributed by atoms with van der Waals surface area (Å²) in [5.74, 6) is -0.0566. The van der Waals surface area contributed by atoms with Crippen LogP contribution in [0.3, 0.4) is 0 Å². The van der Waals surface area contributed by atoms with Gasteiger partial charge in [-0.1, -0.05) is 13.8 Å². The predicted molar refractivity (Wildman–Crippen MR) is 104 cm³/mol. The lowest BCUT2D eigenvalue weighted by Crippen LogP contribution is -2.42. The van der Waals surface area contributed by atoms with E-state index in [1.165, 1.54) is 10.7 Å². The summed E-state index contributed by atoms with van der Waals surface area (Å²) in [7, 11) is 0. The van der Waals surface area contributed by atoms with E-state index in [2.05, 4.69) is 10.00 Å². The van der Waals surface area contributed by atoms with Crippen molar-refractivity contribution in [2.75, 3.05) is 31.2 Å². The minimum atomic E-state index is -0.331. The summed E-state index contributed by atoms with van der Waals surface area (Å²) in [4.78, 5) is 15.2. The molecular weight excluding hydrogens is 347 g/mol. The molecule has 3 rings (SSSR count). The maximum absolute atomic E-state index is 13.9. The van der Waals surface area contributed by atoms with E-state index in [1.807, 2.05) is 20.8 Å². The van der Waals surface area contributed by atoms with Crippen molar-refractivity contribution in [1.82, 2.24) is 9.78 Å². The van der Waals surface area contributed by atoms with Crippen LogP contribution in [0.4, 0.5) is 10.1 Å². The average Bonchev–Trinajstić information content (AvgIpc) is 2.65. The maximum Gasteiger partial charge on any atom is 0.290 e. The molecule has 2 heterocycles. The van der Waals surface area contributed by atoms with Crippen molar-refractivity contribution < 1.29 is 9.13 Å². The van der Waals surface area contributed by atoms with Crippen molar-refractivity contribution in [2.24, 2.45) is 11.7 Å². The molecule has 146 valence electrons. The lowest BCUT2D eigenvalue weighted by atomic mass is 10.0. The van der Waals surface area contributed by atoms with Gasteiger partial charge >= 0.3 is 0 Å². The second-order valence-corrected chi connectivity index (χ2v) is 7.31. The van der Waals surface area contributed by atoms with E-state index in [9.17, 15) is 9.18 Å². The summed E-state index contributed by atoms with van der Waals surface area (Å²) in [5.41, 5.74) is 8.92. The highest BCUT2D eigenvalue weighted by atomic mass is 19.1. The molecule has 1 saturated heterocycles. The van der Waals surface area contributed by atoms with E-state index in [0.717, 1.165) is 11.1 Å². The van der Waals surface area contributed by atoms with Crippen LogP contribution in [-0.2, 0) is 17.8 Å². The molecule has 0 unspecified atom stereocenters. The number of rotatable bonds is 5. The van der Waals surface area contributed by atoms with Crippen molar-refractivity contribution in [3.05, 3.63) is 45.5 Å². The molecule has 1 aliphatic rings. The first-order valence-electron chi connectivity index (χ1n) is 9.35. The molecule has 1 fully saturated rings. The Labute approximate surface area is 158 Å². The highest BCUT2D eigenvalue weighted by Crippen LogP contribution is 2.28. The number of benzene rings is 1. The lowest BCUT2D eigenvalue weighted by Gasteiger charge is -2.30. The Hall–Kier alpha value is -2.25. The van der Waals surface area contributed by atoms with Crippen molar-refractivity contribution in [3.8, 4) is 11.3 Å². The zero-order chi connectivity index (χ0) is 19.6. The summed E-state index contributed by atoms with van der Waals surface area (Å²) >= 11 is 0. The number of aromatic nitrogens is 2. The Bertz CT molecular complexity index is 873. The Morgan fingerprint density at radius 1 is 1.30 bits per heavy atom. The third kappa shape index (κ3) is 4.04. The maximum atomic E-state index is 13.9. The molecule has 1 aliphatic heterocycles. The molecule has 1 aromatic carbocycles. The van der Waals surface area contributed by atoms with Crippen LogP contribution in [0.2, 0.25) is 0 Å². The van der Waals surface area contributed by atoms with E-state index >= 15 is 0 Å². The fourth-order valence-corrected chi connectivity index (χ4v) is 3.42. The molecule has 0 radical (unpaired) electrons. The number of nitrogens with zero attached hydrogens (tertiary/aromatic N) is 3. The second-order valence-electron chi connectivity index (χ2n) is 7.31. The number of anilines is 1. The van der Waals surface area contributed by atoms with Crippen molar-refractivity contribution in [1.29, 1.82) is 0 Å². The van der Waals surface area contributed by atoms with Gasteiger partial charge in [-0.05, 0) is 31.0 Å². The molecule has 2 N–H and O–H groups in total. The molecule has 27 heavy (non-hydrogen) atoms. The van der Waals surface area contributed by atoms with Gasteiger partial charge in [0, 0.05) is 42.9 Å². The summed E-state index contributed by atoms with van der Waals surface area (Å²) in [6.07, 6.45) is 0. The van der Waals surface area contributed by atoms with Crippen LogP contribution in [0.15, 0.2) is 23.0 Å². The minimum absolute atomic E-state index is 0.0898. The fourth-order valence-electron chi connectivity index (χ4n) is 3.42. The number of nitrogens with two attached hydrogens (primary N) is 1. The van der Waals surface area contributed by atoms with Crippen LogP contribution in [0.5, 0.6) is 0 Å². The van der Waals surface area contributed by atoms with Gasteiger partial charge in [0.25, 0.3) is 5.56 Å². The number of morpholine rings is 1.